The monoisotopic (exact) mass is 400 g/mol. The number of hydrogen-bond donors (Lipinski definition) is 2. The van der Waals surface area contributed by atoms with Crippen molar-refractivity contribution in [1.82, 2.24) is 10.2 Å². The number of carbonyl (C=O) groups excluding carboxylic acids is 1. The highest BCUT2D eigenvalue weighted by atomic mass is 32.2. The second kappa shape index (κ2) is 8.88. The number of aromatic nitrogens is 2. The number of nitrogens with one attached hydrogen (secondary N) is 2. The summed E-state index contributed by atoms with van der Waals surface area (Å²) in [4.78, 5) is 12.2. The van der Waals surface area contributed by atoms with E-state index in [9.17, 15) is 4.79 Å². The van der Waals surface area contributed by atoms with Crippen molar-refractivity contribution in [3.8, 4) is 5.75 Å². The van der Waals surface area contributed by atoms with E-state index in [0.29, 0.717) is 16.6 Å². The van der Waals surface area contributed by atoms with Gasteiger partial charge >= 0.3 is 0 Å². The lowest BCUT2D eigenvalue weighted by Gasteiger charge is -2.09. The molecule has 0 bridgehead atoms. The number of para-hydroxylation sites is 3. The van der Waals surface area contributed by atoms with Crippen LogP contribution in [-0.2, 0) is 4.79 Å². The lowest BCUT2D eigenvalue weighted by atomic mass is 10.1. The van der Waals surface area contributed by atoms with Crippen LogP contribution in [0.3, 0.4) is 0 Å². The van der Waals surface area contributed by atoms with Crippen LogP contribution in [0, 0.1) is 13.8 Å². The molecule has 0 aliphatic rings. The number of hydrogen-bond acceptors (Lipinski definition) is 7. The van der Waals surface area contributed by atoms with Crippen molar-refractivity contribution in [2.75, 3.05) is 23.5 Å². The molecule has 2 N–H and O–H groups in total. The van der Waals surface area contributed by atoms with Crippen LogP contribution in [0.2, 0.25) is 0 Å². The van der Waals surface area contributed by atoms with Crippen LogP contribution in [0.1, 0.15) is 11.1 Å². The minimum Gasteiger partial charge on any atom is -0.495 e. The Hall–Kier alpha value is -2.58. The standard InChI is InChI=1S/C19H20N4O2S2/c1-12-7-6-8-13(2)17(12)21-18-22-23-19(27-18)26-11-16(24)20-14-9-4-5-10-15(14)25-3/h4-10H,11H2,1-3H3,(H,20,24)(H,21,22). The minimum absolute atomic E-state index is 0.121. The zero-order valence-corrected chi connectivity index (χ0v) is 16.9. The van der Waals surface area contributed by atoms with Gasteiger partial charge < -0.3 is 15.4 Å². The Morgan fingerprint density at radius 3 is 2.59 bits per heavy atom. The highest BCUT2D eigenvalue weighted by Crippen LogP contribution is 2.30. The van der Waals surface area contributed by atoms with E-state index in [1.807, 2.05) is 44.2 Å². The van der Waals surface area contributed by atoms with E-state index in [1.54, 1.807) is 19.2 Å². The van der Waals surface area contributed by atoms with E-state index in [1.165, 1.54) is 23.1 Å². The Bertz CT molecular complexity index is 923. The summed E-state index contributed by atoms with van der Waals surface area (Å²) in [6.07, 6.45) is 0. The summed E-state index contributed by atoms with van der Waals surface area (Å²) in [5.74, 6) is 0.756. The molecule has 1 amide bonds. The SMILES string of the molecule is COc1ccccc1NC(=O)CSc1nnc(Nc2c(C)cccc2C)s1. The zero-order chi connectivity index (χ0) is 19.2. The van der Waals surface area contributed by atoms with E-state index in [0.717, 1.165) is 21.2 Å². The molecular formula is C19H20N4O2S2. The number of methoxy groups -OCH3 is 1. The van der Waals surface area contributed by atoms with Crippen molar-refractivity contribution in [2.24, 2.45) is 0 Å². The maximum Gasteiger partial charge on any atom is 0.234 e. The summed E-state index contributed by atoms with van der Waals surface area (Å²) in [5, 5.41) is 15.2. The van der Waals surface area contributed by atoms with Crippen molar-refractivity contribution in [3.63, 3.8) is 0 Å². The number of ether oxygens (including phenoxy) is 1. The van der Waals surface area contributed by atoms with Gasteiger partial charge in [0, 0.05) is 5.69 Å². The fourth-order valence-electron chi connectivity index (χ4n) is 2.50. The van der Waals surface area contributed by atoms with Crippen molar-refractivity contribution in [3.05, 3.63) is 53.6 Å². The molecule has 6 nitrogen and oxygen atoms in total. The van der Waals surface area contributed by atoms with Gasteiger partial charge in [-0.25, -0.2) is 0 Å². The van der Waals surface area contributed by atoms with Crippen LogP contribution < -0.4 is 15.4 Å². The molecule has 27 heavy (non-hydrogen) atoms. The highest BCUT2D eigenvalue weighted by Gasteiger charge is 2.11. The molecule has 0 saturated heterocycles. The third kappa shape index (κ3) is 4.99. The van der Waals surface area contributed by atoms with Gasteiger partial charge in [-0.2, -0.15) is 0 Å². The molecular weight excluding hydrogens is 380 g/mol. The Labute approximate surface area is 166 Å². The van der Waals surface area contributed by atoms with Gasteiger partial charge in [0.2, 0.25) is 11.0 Å². The first kappa shape index (κ1) is 19.2. The lowest BCUT2D eigenvalue weighted by Crippen LogP contribution is -2.14. The summed E-state index contributed by atoms with van der Waals surface area (Å²) >= 11 is 2.78. The third-order valence-electron chi connectivity index (χ3n) is 3.83. The van der Waals surface area contributed by atoms with E-state index in [4.69, 9.17) is 4.74 Å². The van der Waals surface area contributed by atoms with Crippen LogP contribution in [0.4, 0.5) is 16.5 Å². The Morgan fingerprint density at radius 1 is 1.11 bits per heavy atom. The Kier molecular flexibility index (Phi) is 6.31. The van der Waals surface area contributed by atoms with Crippen molar-refractivity contribution in [2.45, 2.75) is 18.2 Å². The second-order valence-electron chi connectivity index (χ2n) is 5.80. The molecule has 0 saturated carbocycles. The van der Waals surface area contributed by atoms with Gasteiger partial charge in [-0.1, -0.05) is 53.4 Å². The van der Waals surface area contributed by atoms with Gasteiger partial charge in [-0.15, -0.1) is 10.2 Å². The van der Waals surface area contributed by atoms with E-state index >= 15 is 0 Å². The van der Waals surface area contributed by atoms with Gasteiger partial charge in [0.05, 0.1) is 18.6 Å². The van der Waals surface area contributed by atoms with Gasteiger partial charge in [0.15, 0.2) is 4.34 Å². The van der Waals surface area contributed by atoms with Gasteiger partial charge in [-0.3, -0.25) is 4.79 Å². The predicted octanol–water partition coefficient (Wildman–Crippen LogP) is 4.64. The molecule has 0 aliphatic heterocycles. The maximum absolute atomic E-state index is 12.2. The number of anilines is 3. The first-order valence-corrected chi connectivity index (χ1v) is 10.1. The van der Waals surface area contributed by atoms with Gasteiger partial charge in [0.25, 0.3) is 0 Å². The maximum atomic E-state index is 12.2. The fraction of sp³-hybridized carbons (Fsp3) is 0.211. The Morgan fingerprint density at radius 2 is 1.85 bits per heavy atom. The normalized spacial score (nSPS) is 10.5. The molecule has 3 aromatic rings. The summed E-state index contributed by atoms with van der Waals surface area (Å²) in [5.41, 5.74) is 3.99. The summed E-state index contributed by atoms with van der Waals surface area (Å²) in [7, 11) is 1.58. The number of aryl methyl sites for hydroxylation is 2. The molecule has 0 fully saturated rings. The number of carbonyl (C=O) groups is 1. The van der Waals surface area contributed by atoms with Gasteiger partial charge in [-0.05, 0) is 37.1 Å². The lowest BCUT2D eigenvalue weighted by molar-refractivity contribution is -0.113. The molecule has 2 aromatic carbocycles. The second-order valence-corrected chi connectivity index (χ2v) is 8.00. The van der Waals surface area contributed by atoms with E-state index in [-0.39, 0.29) is 11.7 Å². The van der Waals surface area contributed by atoms with Crippen LogP contribution in [0.25, 0.3) is 0 Å². The first-order chi connectivity index (χ1) is 13.1. The molecule has 140 valence electrons. The number of nitrogens with zero attached hydrogens (tertiary/aromatic N) is 2. The summed E-state index contributed by atoms with van der Waals surface area (Å²) in [6.45, 7) is 4.10. The molecule has 1 aromatic heterocycles. The average Bonchev–Trinajstić information content (AvgIpc) is 3.11. The summed E-state index contributed by atoms with van der Waals surface area (Å²) in [6, 6.07) is 13.4. The van der Waals surface area contributed by atoms with Gasteiger partial charge in [0.1, 0.15) is 5.75 Å². The highest BCUT2D eigenvalue weighted by molar-refractivity contribution is 8.01. The first-order valence-electron chi connectivity index (χ1n) is 8.29. The number of benzene rings is 2. The summed E-state index contributed by atoms with van der Waals surface area (Å²) < 4.78 is 5.97. The molecule has 8 heteroatoms. The average molecular weight is 401 g/mol. The van der Waals surface area contributed by atoms with Crippen molar-refractivity contribution < 1.29 is 9.53 Å². The molecule has 0 aliphatic carbocycles. The number of thioether (sulfide) groups is 1. The van der Waals surface area contributed by atoms with E-state index < -0.39 is 0 Å². The molecule has 0 atom stereocenters. The molecule has 1 heterocycles. The van der Waals surface area contributed by atoms with Crippen LogP contribution in [0.15, 0.2) is 46.8 Å². The van der Waals surface area contributed by atoms with Crippen LogP contribution in [-0.4, -0.2) is 29.0 Å². The van der Waals surface area contributed by atoms with Crippen LogP contribution >= 0.6 is 23.1 Å². The zero-order valence-electron chi connectivity index (χ0n) is 15.3. The largest absolute Gasteiger partial charge is 0.495 e. The topological polar surface area (TPSA) is 76.1 Å². The molecule has 0 spiro atoms. The predicted molar refractivity (Wildman–Crippen MR) is 111 cm³/mol. The van der Waals surface area contributed by atoms with Crippen molar-refractivity contribution >= 4 is 45.5 Å². The third-order valence-corrected chi connectivity index (χ3v) is 5.80. The van der Waals surface area contributed by atoms with Crippen LogP contribution in [0.5, 0.6) is 5.75 Å². The molecule has 0 radical (unpaired) electrons. The molecule has 3 rings (SSSR count). The smallest absolute Gasteiger partial charge is 0.234 e. The van der Waals surface area contributed by atoms with Crippen molar-refractivity contribution in [1.29, 1.82) is 0 Å². The minimum atomic E-state index is -0.121. The van der Waals surface area contributed by atoms with E-state index in [2.05, 4.69) is 20.8 Å². The quantitative estimate of drug-likeness (QED) is 0.563. The fourth-order valence-corrected chi connectivity index (χ4v) is 4.06. The Balaban J connectivity index is 1.57. The molecule has 0 unspecified atom stereocenters. The number of rotatable bonds is 7. The number of amides is 1.